The van der Waals surface area contributed by atoms with Gasteiger partial charge in [-0.1, -0.05) is 31.0 Å². The number of nitrogens with zero attached hydrogens (tertiary/aromatic N) is 1. The number of hydrogen-bond acceptors (Lipinski definition) is 2. The summed E-state index contributed by atoms with van der Waals surface area (Å²) in [7, 11) is 1.79. The Morgan fingerprint density at radius 3 is 2.32 bits per heavy atom. The van der Waals surface area contributed by atoms with Crippen molar-refractivity contribution in [3.63, 3.8) is 0 Å². The number of carbonyl (C=O) groups is 2. The number of nitrogens with one attached hydrogen (secondary N) is 1. The van der Waals surface area contributed by atoms with E-state index in [0.29, 0.717) is 21.8 Å². The second-order valence-electron chi connectivity index (χ2n) is 6.08. The van der Waals surface area contributed by atoms with Gasteiger partial charge in [-0.15, -0.1) is 0 Å². The Balaban J connectivity index is 2.04. The summed E-state index contributed by atoms with van der Waals surface area (Å²) in [6, 6.07) is 12.1. The lowest BCUT2D eigenvalue weighted by molar-refractivity contribution is 0.0792. The fourth-order valence-corrected chi connectivity index (χ4v) is 2.54. The van der Waals surface area contributed by atoms with E-state index in [1.807, 2.05) is 13.0 Å². The lowest BCUT2D eigenvalue weighted by Gasteiger charge is -2.16. The summed E-state index contributed by atoms with van der Waals surface area (Å²) < 4.78 is 0. The molecule has 2 rings (SSSR count). The van der Waals surface area contributed by atoms with Crippen LogP contribution in [0.3, 0.4) is 0 Å². The first-order valence-corrected chi connectivity index (χ1v) is 8.73. The maximum atomic E-state index is 12.3. The molecule has 0 fully saturated rings. The van der Waals surface area contributed by atoms with Gasteiger partial charge in [-0.05, 0) is 55.3 Å². The highest BCUT2D eigenvalue weighted by Crippen LogP contribution is 2.20. The molecule has 0 atom stereocenters. The van der Waals surface area contributed by atoms with Crippen molar-refractivity contribution < 1.29 is 9.59 Å². The van der Waals surface area contributed by atoms with E-state index in [1.54, 1.807) is 48.3 Å². The summed E-state index contributed by atoms with van der Waals surface area (Å²) >= 11 is 6.07. The molecule has 0 aliphatic rings. The first-order chi connectivity index (χ1) is 11.9. The minimum atomic E-state index is -0.238. The summed E-state index contributed by atoms with van der Waals surface area (Å²) in [5.41, 5.74) is 2.66. The Morgan fingerprint density at radius 2 is 1.72 bits per heavy atom. The van der Waals surface area contributed by atoms with Crippen molar-refractivity contribution in [2.75, 3.05) is 18.9 Å². The Labute approximate surface area is 153 Å². The van der Waals surface area contributed by atoms with E-state index in [0.717, 1.165) is 24.9 Å². The molecule has 132 valence electrons. The molecule has 0 heterocycles. The molecule has 0 aliphatic heterocycles. The summed E-state index contributed by atoms with van der Waals surface area (Å²) in [5.74, 6) is -0.274. The van der Waals surface area contributed by atoms with E-state index < -0.39 is 0 Å². The zero-order valence-electron chi connectivity index (χ0n) is 14.8. The van der Waals surface area contributed by atoms with E-state index >= 15 is 0 Å². The smallest absolute Gasteiger partial charge is 0.255 e. The third-order valence-corrected chi connectivity index (χ3v) is 4.42. The molecule has 2 amide bonds. The number of carbonyl (C=O) groups excluding carboxylic acids is 2. The predicted octanol–water partition coefficient (Wildman–Crippen LogP) is 4.77. The van der Waals surface area contributed by atoms with Crippen LogP contribution in [0.2, 0.25) is 5.02 Å². The minimum Gasteiger partial charge on any atom is -0.342 e. The van der Waals surface area contributed by atoms with Crippen LogP contribution in [-0.2, 0) is 0 Å². The number of rotatable bonds is 6. The maximum Gasteiger partial charge on any atom is 0.255 e. The molecule has 0 unspecified atom stereocenters. The van der Waals surface area contributed by atoms with Crippen LogP contribution in [0, 0.1) is 6.92 Å². The molecule has 4 nitrogen and oxygen atoms in total. The average Bonchev–Trinajstić information content (AvgIpc) is 2.62. The highest BCUT2D eigenvalue weighted by Gasteiger charge is 2.13. The van der Waals surface area contributed by atoms with Gasteiger partial charge in [0.15, 0.2) is 0 Å². The fourth-order valence-electron chi connectivity index (χ4n) is 2.36. The number of anilines is 1. The maximum absolute atomic E-state index is 12.3. The van der Waals surface area contributed by atoms with Crippen molar-refractivity contribution in [1.29, 1.82) is 0 Å². The van der Waals surface area contributed by atoms with Crippen molar-refractivity contribution in [3.8, 4) is 0 Å². The number of amides is 2. The van der Waals surface area contributed by atoms with Crippen molar-refractivity contribution in [1.82, 2.24) is 4.90 Å². The van der Waals surface area contributed by atoms with Crippen LogP contribution >= 0.6 is 11.6 Å². The average molecular weight is 359 g/mol. The monoisotopic (exact) mass is 358 g/mol. The summed E-state index contributed by atoms with van der Waals surface area (Å²) in [4.78, 5) is 26.3. The zero-order valence-corrected chi connectivity index (χ0v) is 15.6. The summed E-state index contributed by atoms with van der Waals surface area (Å²) in [5, 5.41) is 3.41. The Kier molecular flexibility index (Phi) is 6.59. The van der Waals surface area contributed by atoms with Gasteiger partial charge >= 0.3 is 0 Å². The molecule has 2 aromatic carbocycles. The van der Waals surface area contributed by atoms with Crippen LogP contribution in [0.1, 0.15) is 46.0 Å². The van der Waals surface area contributed by atoms with Crippen LogP contribution < -0.4 is 5.32 Å². The second kappa shape index (κ2) is 8.67. The molecule has 0 saturated carbocycles. The molecular formula is C20H23ClN2O2. The van der Waals surface area contributed by atoms with E-state index in [9.17, 15) is 9.59 Å². The van der Waals surface area contributed by atoms with Crippen molar-refractivity contribution in [2.24, 2.45) is 0 Å². The third-order valence-electron chi connectivity index (χ3n) is 4.02. The van der Waals surface area contributed by atoms with Gasteiger partial charge in [0.1, 0.15) is 0 Å². The van der Waals surface area contributed by atoms with E-state index in [2.05, 4.69) is 12.2 Å². The standard InChI is InChI=1S/C20H23ClN2O2/c1-4-5-12-23(3)20(25)16-9-7-15(8-10-16)19(24)22-17-11-6-14(2)18(21)13-17/h6-11,13H,4-5,12H2,1-3H3,(H,22,24). The Bertz CT molecular complexity index is 757. The fraction of sp³-hybridized carbons (Fsp3) is 0.300. The van der Waals surface area contributed by atoms with Crippen LogP contribution in [0.15, 0.2) is 42.5 Å². The molecule has 25 heavy (non-hydrogen) atoms. The van der Waals surface area contributed by atoms with E-state index in [-0.39, 0.29) is 11.8 Å². The first-order valence-electron chi connectivity index (χ1n) is 8.35. The van der Waals surface area contributed by atoms with Gasteiger partial charge in [-0.3, -0.25) is 9.59 Å². The number of hydrogen-bond donors (Lipinski definition) is 1. The quantitative estimate of drug-likeness (QED) is 0.808. The van der Waals surface area contributed by atoms with Gasteiger partial charge in [0, 0.05) is 35.4 Å². The summed E-state index contributed by atoms with van der Waals surface area (Å²) in [6.45, 7) is 4.72. The van der Waals surface area contributed by atoms with Gasteiger partial charge in [-0.25, -0.2) is 0 Å². The molecule has 0 bridgehead atoms. The Hall–Kier alpha value is -2.33. The van der Waals surface area contributed by atoms with Crippen LogP contribution in [0.4, 0.5) is 5.69 Å². The van der Waals surface area contributed by atoms with Gasteiger partial charge in [-0.2, -0.15) is 0 Å². The second-order valence-corrected chi connectivity index (χ2v) is 6.48. The minimum absolute atomic E-state index is 0.0364. The normalized spacial score (nSPS) is 10.4. The van der Waals surface area contributed by atoms with Crippen LogP contribution in [0.25, 0.3) is 0 Å². The lowest BCUT2D eigenvalue weighted by Crippen LogP contribution is -2.27. The molecule has 5 heteroatoms. The lowest BCUT2D eigenvalue weighted by atomic mass is 10.1. The zero-order chi connectivity index (χ0) is 18.4. The molecule has 0 aromatic heterocycles. The first kappa shape index (κ1) is 19.0. The third kappa shape index (κ3) is 5.07. The molecule has 0 saturated heterocycles. The molecule has 0 spiro atoms. The van der Waals surface area contributed by atoms with E-state index in [1.165, 1.54) is 0 Å². The predicted molar refractivity (Wildman–Crippen MR) is 102 cm³/mol. The SMILES string of the molecule is CCCCN(C)C(=O)c1ccc(C(=O)Nc2ccc(C)c(Cl)c2)cc1. The Morgan fingerprint density at radius 1 is 1.08 bits per heavy atom. The van der Waals surface area contributed by atoms with Gasteiger partial charge in [0.2, 0.25) is 0 Å². The molecule has 0 aliphatic carbocycles. The molecular weight excluding hydrogens is 336 g/mol. The number of benzene rings is 2. The highest BCUT2D eigenvalue weighted by atomic mass is 35.5. The topological polar surface area (TPSA) is 49.4 Å². The largest absolute Gasteiger partial charge is 0.342 e. The number of unbranched alkanes of at least 4 members (excludes halogenated alkanes) is 1. The van der Waals surface area contributed by atoms with E-state index in [4.69, 9.17) is 11.6 Å². The van der Waals surface area contributed by atoms with Gasteiger partial charge in [0.05, 0.1) is 0 Å². The van der Waals surface area contributed by atoms with Crippen LogP contribution in [0.5, 0.6) is 0 Å². The van der Waals surface area contributed by atoms with Gasteiger partial charge in [0.25, 0.3) is 11.8 Å². The van der Waals surface area contributed by atoms with Crippen molar-refractivity contribution >= 4 is 29.1 Å². The van der Waals surface area contributed by atoms with Crippen molar-refractivity contribution in [2.45, 2.75) is 26.7 Å². The van der Waals surface area contributed by atoms with Crippen molar-refractivity contribution in [3.05, 3.63) is 64.2 Å². The molecule has 2 aromatic rings. The highest BCUT2D eigenvalue weighted by molar-refractivity contribution is 6.31. The number of aryl methyl sites for hydroxylation is 1. The molecule has 1 N–H and O–H groups in total. The van der Waals surface area contributed by atoms with Crippen LogP contribution in [-0.4, -0.2) is 30.3 Å². The number of halogens is 1. The van der Waals surface area contributed by atoms with Gasteiger partial charge < -0.3 is 10.2 Å². The molecule has 0 radical (unpaired) electrons. The summed E-state index contributed by atoms with van der Waals surface area (Å²) in [6.07, 6.45) is 2.02.